The van der Waals surface area contributed by atoms with Crippen LogP contribution in [0.5, 0.6) is 11.6 Å². The number of hydrogen-bond donors (Lipinski definition) is 1. The van der Waals surface area contributed by atoms with Gasteiger partial charge >= 0.3 is 0 Å². The number of aromatic nitrogens is 4. The summed E-state index contributed by atoms with van der Waals surface area (Å²) in [6.07, 6.45) is 1.48. The summed E-state index contributed by atoms with van der Waals surface area (Å²) < 4.78 is 7.13. The van der Waals surface area contributed by atoms with Crippen LogP contribution in [0.4, 0.5) is 11.4 Å². The Balaban J connectivity index is 1.47. The minimum Gasteiger partial charge on any atom is -0.439 e. The lowest BCUT2D eigenvalue weighted by Crippen LogP contribution is -2.14. The molecular weight excluding hydrogens is 424 g/mol. The number of nitro groups is 1. The molecule has 0 bridgehead atoms. The van der Waals surface area contributed by atoms with Crippen LogP contribution < -0.4 is 10.1 Å². The molecule has 0 radical (unpaired) electrons. The summed E-state index contributed by atoms with van der Waals surface area (Å²) in [7, 11) is 0. The molecule has 33 heavy (non-hydrogen) atoms. The van der Waals surface area contributed by atoms with E-state index in [1.807, 2.05) is 32.0 Å². The van der Waals surface area contributed by atoms with Crippen LogP contribution in [0.15, 0.2) is 60.8 Å². The molecule has 0 atom stereocenters. The zero-order valence-electron chi connectivity index (χ0n) is 18.1. The number of anilines is 1. The van der Waals surface area contributed by atoms with Gasteiger partial charge in [0.2, 0.25) is 5.88 Å². The molecule has 10 heteroatoms. The van der Waals surface area contributed by atoms with Gasteiger partial charge in [-0.3, -0.25) is 14.9 Å². The van der Waals surface area contributed by atoms with Gasteiger partial charge in [0.1, 0.15) is 5.75 Å². The number of hydrogen-bond acceptors (Lipinski definition) is 7. The van der Waals surface area contributed by atoms with Crippen LogP contribution in [-0.4, -0.2) is 30.8 Å². The highest BCUT2D eigenvalue weighted by Crippen LogP contribution is 2.23. The normalized spacial score (nSPS) is 10.6. The summed E-state index contributed by atoms with van der Waals surface area (Å²) in [5, 5.41) is 21.7. The molecule has 0 fully saturated rings. The van der Waals surface area contributed by atoms with E-state index in [2.05, 4.69) is 20.6 Å². The van der Waals surface area contributed by atoms with Crippen molar-refractivity contribution in [2.45, 2.75) is 20.8 Å². The highest BCUT2D eigenvalue weighted by molar-refractivity contribution is 6.03. The van der Waals surface area contributed by atoms with Crippen LogP contribution in [-0.2, 0) is 0 Å². The van der Waals surface area contributed by atoms with Gasteiger partial charge in [0, 0.05) is 18.2 Å². The van der Waals surface area contributed by atoms with E-state index in [-0.39, 0.29) is 11.4 Å². The van der Waals surface area contributed by atoms with E-state index in [4.69, 9.17) is 4.74 Å². The summed E-state index contributed by atoms with van der Waals surface area (Å²) >= 11 is 0. The molecule has 0 aliphatic carbocycles. The summed E-state index contributed by atoms with van der Waals surface area (Å²) in [4.78, 5) is 27.5. The molecule has 1 amide bonds. The maximum absolute atomic E-state index is 12.7. The number of non-ortho nitro benzene ring substituents is 1. The number of aryl methyl sites for hydroxylation is 2. The van der Waals surface area contributed by atoms with Crippen molar-refractivity contribution < 1.29 is 14.5 Å². The summed E-state index contributed by atoms with van der Waals surface area (Å²) in [6, 6.07) is 15.0. The highest BCUT2D eigenvalue weighted by atomic mass is 16.6. The van der Waals surface area contributed by atoms with Crippen molar-refractivity contribution in [3.05, 3.63) is 93.4 Å². The van der Waals surface area contributed by atoms with Crippen molar-refractivity contribution in [2.24, 2.45) is 0 Å². The van der Waals surface area contributed by atoms with Crippen molar-refractivity contribution in [1.29, 1.82) is 0 Å². The lowest BCUT2D eigenvalue weighted by Gasteiger charge is -2.08. The van der Waals surface area contributed by atoms with E-state index in [9.17, 15) is 14.9 Å². The fraction of sp³-hybridized carbons (Fsp3) is 0.130. The van der Waals surface area contributed by atoms with Crippen LogP contribution >= 0.6 is 0 Å². The average Bonchev–Trinajstić information content (AvgIpc) is 3.19. The number of ether oxygens (including phenoxy) is 1. The smallest absolute Gasteiger partial charge is 0.278 e. The molecule has 10 nitrogen and oxygen atoms in total. The van der Waals surface area contributed by atoms with Crippen LogP contribution in [0, 0.1) is 30.9 Å². The number of rotatable bonds is 6. The van der Waals surface area contributed by atoms with E-state index >= 15 is 0 Å². The van der Waals surface area contributed by atoms with E-state index < -0.39 is 10.8 Å². The molecule has 2 aromatic heterocycles. The summed E-state index contributed by atoms with van der Waals surface area (Å²) in [5.41, 5.74) is 3.63. The fourth-order valence-corrected chi connectivity index (χ4v) is 3.13. The second-order valence-electron chi connectivity index (χ2n) is 7.40. The molecule has 0 aliphatic rings. The largest absolute Gasteiger partial charge is 0.439 e. The molecule has 4 rings (SSSR count). The highest BCUT2D eigenvalue weighted by Gasteiger charge is 2.19. The van der Waals surface area contributed by atoms with Crippen molar-refractivity contribution in [1.82, 2.24) is 20.0 Å². The molecule has 2 heterocycles. The Morgan fingerprint density at radius 2 is 1.88 bits per heavy atom. The Morgan fingerprint density at radius 1 is 1.06 bits per heavy atom. The van der Waals surface area contributed by atoms with Crippen LogP contribution in [0.25, 0.3) is 5.69 Å². The van der Waals surface area contributed by atoms with Gasteiger partial charge in [-0.15, -0.1) is 5.10 Å². The second-order valence-corrected chi connectivity index (χ2v) is 7.40. The number of carbonyl (C=O) groups excluding carboxylic acids is 1. The van der Waals surface area contributed by atoms with Gasteiger partial charge in [0.25, 0.3) is 11.6 Å². The van der Waals surface area contributed by atoms with Gasteiger partial charge in [-0.2, -0.15) is 0 Å². The maximum Gasteiger partial charge on any atom is 0.278 e. The van der Waals surface area contributed by atoms with E-state index in [0.717, 1.165) is 5.56 Å². The molecule has 0 saturated carbocycles. The Kier molecular flexibility index (Phi) is 5.81. The number of carbonyl (C=O) groups is 1. The summed E-state index contributed by atoms with van der Waals surface area (Å²) in [6.45, 7) is 5.69. The Bertz CT molecular complexity index is 1350. The van der Waals surface area contributed by atoms with E-state index in [0.29, 0.717) is 28.7 Å². The topological polar surface area (TPSA) is 125 Å². The number of benzene rings is 2. The minimum absolute atomic E-state index is 0.0809. The monoisotopic (exact) mass is 444 g/mol. The molecule has 0 unspecified atom stereocenters. The second kappa shape index (κ2) is 8.87. The van der Waals surface area contributed by atoms with Crippen LogP contribution in [0.2, 0.25) is 0 Å². The Morgan fingerprint density at radius 3 is 2.58 bits per heavy atom. The molecule has 1 N–H and O–H groups in total. The zero-order valence-corrected chi connectivity index (χ0v) is 18.1. The average molecular weight is 444 g/mol. The third kappa shape index (κ3) is 4.69. The van der Waals surface area contributed by atoms with Crippen molar-refractivity contribution >= 4 is 17.3 Å². The van der Waals surface area contributed by atoms with Gasteiger partial charge in [0.05, 0.1) is 28.2 Å². The van der Waals surface area contributed by atoms with Gasteiger partial charge in [-0.1, -0.05) is 17.3 Å². The van der Waals surface area contributed by atoms with E-state index in [1.165, 1.54) is 28.6 Å². The first-order chi connectivity index (χ1) is 15.8. The van der Waals surface area contributed by atoms with Gasteiger partial charge in [-0.05, 0) is 56.2 Å². The van der Waals surface area contributed by atoms with Gasteiger partial charge < -0.3 is 10.1 Å². The van der Waals surface area contributed by atoms with Gasteiger partial charge in [-0.25, -0.2) is 9.67 Å². The van der Waals surface area contributed by atoms with Crippen molar-refractivity contribution in [2.75, 3.05) is 5.32 Å². The number of nitrogens with zero attached hydrogens (tertiary/aromatic N) is 5. The first-order valence-electron chi connectivity index (χ1n) is 10.0. The third-order valence-electron chi connectivity index (χ3n) is 5.09. The maximum atomic E-state index is 12.7. The Labute approximate surface area is 189 Å². The molecular formula is C23H20N6O4. The number of amides is 1. The quantitative estimate of drug-likeness (QED) is 0.342. The van der Waals surface area contributed by atoms with Crippen molar-refractivity contribution in [3.63, 3.8) is 0 Å². The predicted octanol–water partition coefficient (Wildman–Crippen LogP) is 4.54. The van der Waals surface area contributed by atoms with Crippen LogP contribution in [0.3, 0.4) is 0 Å². The molecule has 166 valence electrons. The van der Waals surface area contributed by atoms with Crippen molar-refractivity contribution in [3.8, 4) is 17.3 Å². The molecule has 4 aromatic rings. The number of nitrogens with one attached hydrogen (secondary N) is 1. The molecule has 0 aliphatic heterocycles. The fourth-order valence-electron chi connectivity index (χ4n) is 3.13. The first kappa shape index (κ1) is 21.6. The SMILES string of the molecule is Cc1ccc(Oc2ccc(NC(=O)c3nnn(-c4cccc([N+](=O)[O-])c4)c3C)cn2)cc1C. The van der Waals surface area contributed by atoms with Crippen LogP contribution in [0.1, 0.15) is 27.3 Å². The van der Waals surface area contributed by atoms with E-state index in [1.54, 1.807) is 31.2 Å². The number of pyridine rings is 1. The Hall–Kier alpha value is -4.60. The lowest BCUT2D eigenvalue weighted by molar-refractivity contribution is -0.384. The molecule has 2 aromatic carbocycles. The zero-order chi connectivity index (χ0) is 23.5. The summed E-state index contributed by atoms with van der Waals surface area (Å²) in [5.74, 6) is 0.591. The molecule has 0 spiro atoms. The first-order valence-corrected chi connectivity index (χ1v) is 10.0. The van der Waals surface area contributed by atoms with Gasteiger partial charge in [0.15, 0.2) is 5.69 Å². The standard InChI is InChI=1S/C23H20N6O4/c1-14-7-9-20(11-15(14)2)33-21-10-8-17(13-24-21)25-23(30)22-16(3)28(27-26-22)18-5-4-6-19(12-18)29(31)32/h4-13H,1-3H3,(H,25,30). The lowest BCUT2D eigenvalue weighted by atomic mass is 10.1. The minimum atomic E-state index is -0.496. The predicted molar refractivity (Wildman–Crippen MR) is 121 cm³/mol. The number of nitro benzene ring substituents is 1. The molecule has 0 saturated heterocycles. The third-order valence-corrected chi connectivity index (χ3v) is 5.09.